The molecule has 0 atom stereocenters. The molecule has 0 N–H and O–H groups in total. The molecule has 0 aliphatic heterocycles. The molecule has 0 saturated heterocycles. The number of allylic oxidation sites excluding steroid dienone is 1. The second-order valence-electron chi connectivity index (χ2n) is 6.04. The van der Waals surface area contributed by atoms with Crippen LogP contribution in [0.2, 0.25) is 5.15 Å². The lowest BCUT2D eigenvalue weighted by Gasteiger charge is -2.02. The molecule has 0 saturated carbocycles. The normalized spacial score (nSPS) is 11.6. The van der Waals surface area contributed by atoms with E-state index in [-0.39, 0.29) is 11.8 Å². The van der Waals surface area contributed by atoms with Crippen molar-refractivity contribution in [3.05, 3.63) is 70.8 Å². The molecule has 0 radical (unpaired) electrons. The summed E-state index contributed by atoms with van der Waals surface area (Å²) in [6, 6.07) is 9.85. The van der Waals surface area contributed by atoms with Gasteiger partial charge in [0, 0.05) is 17.8 Å². The third kappa shape index (κ3) is 3.56. The Balaban J connectivity index is 1.86. The number of hydrogen-bond acceptors (Lipinski definition) is 3. The molecule has 3 aromatic rings. The molecule has 0 spiro atoms. The van der Waals surface area contributed by atoms with Gasteiger partial charge in [-0.2, -0.15) is 10.2 Å². The summed E-state index contributed by atoms with van der Waals surface area (Å²) in [6.45, 7) is 5.89. The van der Waals surface area contributed by atoms with E-state index in [1.54, 1.807) is 27.8 Å². The molecule has 25 heavy (non-hydrogen) atoms. The van der Waals surface area contributed by atoms with Gasteiger partial charge in [0.15, 0.2) is 5.78 Å². The summed E-state index contributed by atoms with van der Waals surface area (Å²) in [4.78, 5) is 12.3. The van der Waals surface area contributed by atoms with Crippen molar-refractivity contribution < 1.29 is 4.79 Å². The second-order valence-corrected chi connectivity index (χ2v) is 6.40. The molecule has 1 aromatic carbocycles. The Labute approximate surface area is 151 Å². The highest BCUT2D eigenvalue weighted by atomic mass is 35.5. The fourth-order valence-corrected chi connectivity index (χ4v) is 2.78. The van der Waals surface area contributed by atoms with E-state index in [4.69, 9.17) is 11.6 Å². The number of rotatable bonds is 5. The van der Waals surface area contributed by atoms with E-state index in [0.717, 1.165) is 16.9 Å². The van der Waals surface area contributed by atoms with Crippen LogP contribution in [0.25, 0.3) is 11.8 Å². The zero-order chi connectivity index (χ0) is 18.0. The Kier molecular flexibility index (Phi) is 4.86. The highest BCUT2D eigenvalue weighted by Gasteiger charge is 2.13. The summed E-state index contributed by atoms with van der Waals surface area (Å²) in [5, 5.41) is 9.13. The fraction of sp³-hybridized carbons (Fsp3) is 0.211. The van der Waals surface area contributed by atoms with Crippen LogP contribution in [-0.4, -0.2) is 25.3 Å². The number of para-hydroxylation sites is 1. The van der Waals surface area contributed by atoms with Gasteiger partial charge in [-0.05, 0) is 45.1 Å². The molecule has 0 aliphatic carbocycles. The Bertz CT molecular complexity index is 922. The van der Waals surface area contributed by atoms with Crippen molar-refractivity contribution in [2.75, 3.05) is 0 Å². The minimum Gasteiger partial charge on any atom is -0.289 e. The predicted octanol–water partition coefficient (Wildman–Crippen LogP) is 4.51. The maximum Gasteiger partial charge on any atom is 0.189 e. The molecule has 0 unspecified atom stereocenters. The van der Waals surface area contributed by atoms with Crippen LogP contribution >= 0.6 is 11.6 Å². The first kappa shape index (κ1) is 17.2. The zero-order valence-electron chi connectivity index (χ0n) is 14.3. The maximum absolute atomic E-state index is 12.3. The van der Waals surface area contributed by atoms with Crippen LogP contribution in [0.3, 0.4) is 0 Å². The molecule has 0 amide bonds. The first-order chi connectivity index (χ1) is 12.0. The molecule has 0 aliphatic rings. The number of nitrogens with zero attached hydrogens (tertiary/aromatic N) is 4. The molecular weight excluding hydrogens is 336 g/mol. The van der Waals surface area contributed by atoms with Gasteiger partial charge in [-0.15, -0.1) is 0 Å². The third-order valence-corrected chi connectivity index (χ3v) is 4.23. The number of benzene rings is 1. The van der Waals surface area contributed by atoms with E-state index in [9.17, 15) is 4.79 Å². The van der Waals surface area contributed by atoms with E-state index < -0.39 is 0 Å². The van der Waals surface area contributed by atoms with Gasteiger partial charge in [-0.1, -0.05) is 29.8 Å². The summed E-state index contributed by atoms with van der Waals surface area (Å²) >= 11 is 6.46. The van der Waals surface area contributed by atoms with Crippen molar-refractivity contribution in [3.63, 3.8) is 0 Å². The van der Waals surface area contributed by atoms with Crippen molar-refractivity contribution in [1.29, 1.82) is 0 Å². The Morgan fingerprint density at radius 3 is 2.60 bits per heavy atom. The molecule has 3 rings (SSSR count). The number of aromatic nitrogens is 4. The summed E-state index contributed by atoms with van der Waals surface area (Å²) in [5.74, 6) is -0.116. The summed E-state index contributed by atoms with van der Waals surface area (Å²) in [5.41, 5.74) is 2.92. The number of aryl methyl sites for hydroxylation is 1. The topological polar surface area (TPSA) is 52.7 Å². The van der Waals surface area contributed by atoms with Crippen LogP contribution < -0.4 is 0 Å². The van der Waals surface area contributed by atoms with E-state index in [2.05, 4.69) is 10.2 Å². The lowest BCUT2D eigenvalue weighted by atomic mass is 10.1. The van der Waals surface area contributed by atoms with E-state index in [1.165, 1.54) is 6.08 Å². The smallest absolute Gasteiger partial charge is 0.189 e. The van der Waals surface area contributed by atoms with Gasteiger partial charge in [0.05, 0.1) is 23.1 Å². The fourth-order valence-electron chi connectivity index (χ4n) is 2.44. The summed E-state index contributed by atoms with van der Waals surface area (Å²) in [6.07, 6.45) is 6.54. The van der Waals surface area contributed by atoms with Crippen LogP contribution in [0.1, 0.15) is 41.5 Å². The van der Waals surface area contributed by atoms with E-state index >= 15 is 0 Å². The summed E-state index contributed by atoms with van der Waals surface area (Å²) in [7, 11) is 0. The van der Waals surface area contributed by atoms with Crippen molar-refractivity contribution in [3.8, 4) is 5.69 Å². The van der Waals surface area contributed by atoms with Crippen molar-refractivity contribution in [2.24, 2.45) is 0 Å². The average Bonchev–Trinajstić information content (AvgIpc) is 3.20. The van der Waals surface area contributed by atoms with Gasteiger partial charge in [0.25, 0.3) is 0 Å². The quantitative estimate of drug-likeness (QED) is 0.500. The summed E-state index contributed by atoms with van der Waals surface area (Å²) < 4.78 is 3.42. The monoisotopic (exact) mass is 354 g/mol. The minimum atomic E-state index is -0.116. The number of carbonyl (C=O) groups excluding carboxylic acids is 1. The van der Waals surface area contributed by atoms with Gasteiger partial charge in [-0.25, -0.2) is 4.68 Å². The van der Waals surface area contributed by atoms with Gasteiger partial charge in [0.2, 0.25) is 0 Å². The Morgan fingerprint density at radius 1 is 1.24 bits per heavy atom. The number of halogens is 1. The first-order valence-electron chi connectivity index (χ1n) is 8.04. The highest BCUT2D eigenvalue weighted by Crippen LogP contribution is 2.24. The van der Waals surface area contributed by atoms with Gasteiger partial charge >= 0.3 is 0 Å². The number of hydrogen-bond donors (Lipinski definition) is 0. The van der Waals surface area contributed by atoms with Crippen LogP contribution in [0.4, 0.5) is 0 Å². The Hall–Kier alpha value is -2.66. The van der Waals surface area contributed by atoms with Crippen molar-refractivity contribution in [1.82, 2.24) is 19.6 Å². The maximum atomic E-state index is 12.3. The van der Waals surface area contributed by atoms with E-state index in [1.807, 2.05) is 51.1 Å². The Morgan fingerprint density at radius 2 is 1.96 bits per heavy atom. The lowest BCUT2D eigenvalue weighted by molar-refractivity contribution is 0.104. The highest BCUT2D eigenvalue weighted by molar-refractivity contribution is 6.31. The molecule has 128 valence electrons. The van der Waals surface area contributed by atoms with Gasteiger partial charge in [-0.3, -0.25) is 9.48 Å². The number of carbonyl (C=O) groups is 1. The van der Waals surface area contributed by atoms with E-state index in [0.29, 0.717) is 10.7 Å². The molecule has 2 aromatic heterocycles. The minimum absolute atomic E-state index is 0.116. The number of ketones is 1. The van der Waals surface area contributed by atoms with Gasteiger partial charge < -0.3 is 0 Å². The van der Waals surface area contributed by atoms with Crippen LogP contribution in [0, 0.1) is 6.92 Å². The molecule has 0 bridgehead atoms. The molecule has 5 nitrogen and oxygen atoms in total. The van der Waals surface area contributed by atoms with Crippen molar-refractivity contribution >= 4 is 23.5 Å². The standard InChI is InChI=1S/C19H19ClN4O/c1-13(2)23-12-15(11-21-23)18(25)10-9-17-14(3)22-24(19(17)20)16-7-5-4-6-8-16/h4-13H,1-3H3. The third-order valence-electron chi connectivity index (χ3n) is 3.87. The van der Waals surface area contributed by atoms with Crippen LogP contribution in [0.15, 0.2) is 48.8 Å². The first-order valence-corrected chi connectivity index (χ1v) is 8.42. The molecule has 6 heteroatoms. The largest absolute Gasteiger partial charge is 0.289 e. The lowest BCUT2D eigenvalue weighted by Crippen LogP contribution is -2.00. The van der Waals surface area contributed by atoms with Gasteiger partial charge in [0.1, 0.15) is 5.15 Å². The second kappa shape index (κ2) is 7.07. The van der Waals surface area contributed by atoms with Crippen LogP contribution in [-0.2, 0) is 0 Å². The zero-order valence-corrected chi connectivity index (χ0v) is 15.1. The van der Waals surface area contributed by atoms with Crippen LogP contribution in [0.5, 0.6) is 0 Å². The molecule has 0 fully saturated rings. The average molecular weight is 355 g/mol. The predicted molar refractivity (Wildman–Crippen MR) is 99.3 cm³/mol. The van der Waals surface area contributed by atoms with Crippen molar-refractivity contribution in [2.45, 2.75) is 26.8 Å². The SMILES string of the molecule is Cc1nn(-c2ccccc2)c(Cl)c1C=CC(=O)c1cnn(C(C)C)c1. The molecular formula is C19H19ClN4O. The molecule has 2 heterocycles.